The molecule has 2 aliphatic heterocycles. The number of carbonyl (C=O) groups excluding carboxylic acids is 6. The summed E-state index contributed by atoms with van der Waals surface area (Å²) in [6.07, 6.45) is 2.04. The van der Waals surface area contributed by atoms with E-state index in [0.717, 1.165) is 5.56 Å². The minimum atomic E-state index is -1.04. The SMILES string of the molecule is CCC(=O)NCCNC(=O)/N=C(/N)NCCC[C@@H](NC(=O)[C@@H](c1ccccc1)c1cccc(OCCCCNC(=O)CN2CCN(C(=O)CN3CCN(CC(=O)O)CCN(CC(=O)O)CCN(CC(=O)O)CC3)CC2)c1)C(=O)NCc1ccc(O)cc1. The fraction of sp³-hybridized carbons (Fsp3) is 0.525. The Kier molecular flexibility index (Phi) is 30.2. The first-order chi connectivity index (χ1) is 41.8. The predicted octanol–water partition coefficient (Wildman–Crippen LogP) is -0.860. The number of urea groups is 1. The van der Waals surface area contributed by atoms with Gasteiger partial charge in [0.1, 0.15) is 17.5 Å². The largest absolute Gasteiger partial charge is 0.508 e. The van der Waals surface area contributed by atoms with E-state index in [2.05, 4.69) is 36.9 Å². The van der Waals surface area contributed by atoms with Crippen LogP contribution in [0.15, 0.2) is 83.9 Å². The Morgan fingerprint density at radius 3 is 1.67 bits per heavy atom. The third-order valence-electron chi connectivity index (χ3n) is 14.5. The van der Waals surface area contributed by atoms with Crippen LogP contribution in [-0.2, 0) is 44.9 Å². The van der Waals surface area contributed by atoms with E-state index in [9.17, 15) is 63.6 Å². The Morgan fingerprint density at radius 1 is 0.552 bits per heavy atom. The number of nitrogens with one attached hydrogen (secondary N) is 6. The van der Waals surface area contributed by atoms with Gasteiger partial charge in [-0.2, -0.15) is 4.99 Å². The van der Waals surface area contributed by atoms with Crippen LogP contribution in [0.4, 0.5) is 4.79 Å². The number of carboxylic acid groups (broad SMARTS) is 3. The first kappa shape index (κ1) is 69.3. The van der Waals surface area contributed by atoms with Crippen LogP contribution in [0.3, 0.4) is 0 Å². The van der Waals surface area contributed by atoms with Gasteiger partial charge < -0.3 is 67.7 Å². The van der Waals surface area contributed by atoms with Crippen molar-refractivity contribution >= 4 is 59.4 Å². The molecule has 5 rings (SSSR count). The first-order valence-corrected chi connectivity index (χ1v) is 29.4. The quantitative estimate of drug-likeness (QED) is 0.0212. The molecule has 2 aliphatic rings. The third-order valence-corrected chi connectivity index (χ3v) is 14.5. The summed E-state index contributed by atoms with van der Waals surface area (Å²) in [4.78, 5) is 128. The molecule has 3 aromatic carbocycles. The number of piperazine rings is 1. The lowest BCUT2D eigenvalue weighted by Gasteiger charge is -2.36. The summed E-state index contributed by atoms with van der Waals surface area (Å²) in [7, 11) is 0. The fourth-order valence-electron chi connectivity index (χ4n) is 9.72. The van der Waals surface area contributed by atoms with Crippen LogP contribution in [-0.4, -0.2) is 259 Å². The molecule has 0 aromatic heterocycles. The number of phenols is 1. The number of hydrogen-bond donors (Lipinski definition) is 11. The van der Waals surface area contributed by atoms with Crippen LogP contribution >= 0.6 is 0 Å². The molecule has 28 nitrogen and oxygen atoms in total. The summed E-state index contributed by atoms with van der Waals surface area (Å²) in [5.41, 5.74) is 7.96. The molecular weight excluding hydrogens is 1130 g/mol. The van der Waals surface area contributed by atoms with Gasteiger partial charge in [0.15, 0.2) is 5.96 Å². The molecule has 12 N–H and O–H groups in total. The number of aliphatic carboxylic acids is 3. The van der Waals surface area contributed by atoms with Gasteiger partial charge in [0.2, 0.25) is 29.5 Å². The van der Waals surface area contributed by atoms with Crippen LogP contribution in [0.1, 0.15) is 61.6 Å². The smallest absolute Gasteiger partial charge is 0.344 e. The zero-order valence-corrected chi connectivity index (χ0v) is 49.5. The number of nitrogens with two attached hydrogens (primary N) is 1. The van der Waals surface area contributed by atoms with Gasteiger partial charge in [0.05, 0.1) is 45.2 Å². The summed E-state index contributed by atoms with van der Waals surface area (Å²) in [5, 5.41) is 55.2. The summed E-state index contributed by atoms with van der Waals surface area (Å²) >= 11 is 0. The number of carboxylic acids is 3. The summed E-state index contributed by atoms with van der Waals surface area (Å²) in [5.74, 6) is -4.85. The Morgan fingerprint density at radius 2 is 1.08 bits per heavy atom. The number of ether oxygens (including phenoxy) is 1. The van der Waals surface area contributed by atoms with E-state index in [4.69, 9.17) is 10.5 Å². The minimum Gasteiger partial charge on any atom is -0.508 e. The maximum Gasteiger partial charge on any atom is 0.344 e. The number of nitrogens with zero attached hydrogens (tertiary/aromatic N) is 7. The van der Waals surface area contributed by atoms with Gasteiger partial charge in [-0.25, -0.2) is 4.79 Å². The molecule has 2 saturated heterocycles. The van der Waals surface area contributed by atoms with Crippen LogP contribution in [0.5, 0.6) is 11.5 Å². The van der Waals surface area contributed by atoms with Gasteiger partial charge in [-0.1, -0.05) is 61.5 Å². The average molecular weight is 1220 g/mol. The second-order valence-corrected chi connectivity index (χ2v) is 21.2. The van der Waals surface area contributed by atoms with Crippen LogP contribution < -0.4 is 42.4 Å². The maximum atomic E-state index is 14.5. The molecule has 0 saturated carbocycles. The van der Waals surface area contributed by atoms with Gasteiger partial charge >= 0.3 is 23.9 Å². The number of rotatable bonds is 31. The number of aromatic hydroxyl groups is 1. The highest BCUT2D eigenvalue weighted by atomic mass is 16.5. The van der Waals surface area contributed by atoms with E-state index in [1.807, 2.05) is 46.2 Å². The number of aliphatic imine (C=N–C) groups is 1. The normalized spacial score (nSPS) is 16.0. The van der Waals surface area contributed by atoms with Crippen molar-refractivity contribution in [2.45, 2.75) is 57.5 Å². The lowest BCUT2D eigenvalue weighted by molar-refractivity contribution is -0.141. The molecule has 87 heavy (non-hydrogen) atoms. The molecule has 28 heteroatoms. The van der Waals surface area contributed by atoms with Crippen LogP contribution in [0, 0.1) is 0 Å². The van der Waals surface area contributed by atoms with Gasteiger partial charge in [-0.3, -0.25) is 62.9 Å². The van der Waals surface area contributed by atoms with E-state index in [1.54, 1.807) is 56.9 Å². The van der Waals surface area contributed by atoms with Gasteiger partial charge in [-0.15, -0.1) is 0 Å². The lowest BCUT2D eigenvalue weighted by atomic mass is 9.90. The number of guanidine groups is 1. The van der Waals surface area contributed by atoms with Crippen molar-refractivity contribution in [2.24, 2.45) is 10.7 Å². The van der Waals surface area contributed by atoms with Crippen molar-refractivity contribution in [1.82, 2.24) is 61.3 Å². The number of carbonyl (C=O) groups is 9. The molecule has 2 heterocycles. The highest BCUT2D eigenvalue weighted by Crippen LogP contribution is 2.28. The predicted molar refractivity (Wildman–Crippen MR) is 322 cm³/mol. The lowest BCUT2D eigenvalue weighted by Crippen LogP contribution is -2.54. The molecule has 0 spiro atoms. The monoisotopic (exact) mass is 1210 g/mol. The van der Waals surface area contributed by atoms with E-state index in [-0.39, 0.29) is 121 Å². The molecular formula is C59H86N14O14. The van der Waals surface area contributed by atoms with Gasteiger partial charge in [0, 0.05) is 118 Å². The minimum absolute atomic E-state index is 0.0348. The molecule has 2 atom stereocenters. The van der Waals surface area contributed by atoms with E-state index >= 15 is 0 Å². The Bertz CT molecular complexity index is 2700. The van der Waals surface area contributed by atoms with Crippen molar-refractivity contribution in [3.63, 3.8) is 0 Å². The van der Waals surface area contributed by atoms with Crippen molar-refractivity contribution in [3.05, 3.63) is 95.6 Å². The topological polar surface area (TPSA) is 374 Å². The van der Waals surface area contributed by atoms with E-state index < -0.39 is 47.7 Å². The van der Waals surface area contributed by atoms with E-state index in [0.29, 0.717) is 108 Å². The maximum absolute atomic E-state index is 14.5. The Labute approximate surface area is 506 Å². The number of benzene rings is 3. The summed E-state index contributed by atoms with van der Waals surface area (Å²) in [6.45, 7) is 6.64. The first-order valence-electron chi connectivity index (χ1n) is 29.4. The summed E-state index contributed by atoms with van der Waals surface area (Å²) < 4.78 is 6.15. The third kappa shape index (κ3) is 27.2. The molecule has 2 fully saturated rings. The second kappa shape index (κ2) is 37.9. The van der Waals surface area contributed by atoms with Crippen molar-refractivity contribution in [3.8, 4) is 11.5 Å². The number of hydrogen-bond acceptors (Lipinski definition) is 16. The van der Waals surface area contributed by atoms with E-state index in [1.165, 1.54) is 12.1 Å². The molecule has 0 aliphatic carbocycles. The van der Waals surface area contributed by atoms with Gasteiger partial charge in [-0.05, 0) is 66.6 Å². The summed E-state index contributed by atoms with van der Waals surface area (Å²) in [6, 6.07) is 20.9. The van der Waals surface area contributed by atoms with Gasteiger partial charge in [0.25, 0.3) is 0 Å². The fourth-order valence-corrected chi connectivity index (χ4v) is 9.72. The van der Waals surface area contributed by atoms with Crippen molar-refractivity contribution in [1.29, 1.82) is 0 Å². The number of phenolic OH excluding ortho intramolecular Hbond substituents is 1. The van der Waals surface area contributed by atoms with Crippen molar-refractivity contribution < 1.29 is 68.3 Å². The highest BCUT2D eigenvalue weighted by Gasteiger charge is 2.30. The molecule has 0 unspecified atom stereocenters. The number of amides is 7. The molecule has 3 aromatic rings. The Hall–Kier alpha value is -8.44. The molecule has 476 valence electrons. The molecule has 0 radical (unpaired) electrons. The highest BCUT2D eigenvalue weighted by molar-refractivity contribution is 5.93. The van der Waals surface area contributed by atoms with Crippen molar-refractivity contribution in [2.75, 3.05) is 144 Å². The van der Waals surface area contributed by atoms with Crippen LogP contribution in [0.2, 0.25) is 0 Å². The molecule has 0 bridgehead atoms. The van der Waals surface area contributed by atoms with Crippen LogP contribution in [0.25, 0.3) is 0 Å². The number of unbranched alkanes of at least 4 members (excludes halogenated alkanes) is 1. The second-order valence-electron chi connectivity index (χ2n) is 21.2. The Balaban J connectivity index is 1.08. The zero-order chi connectivity index (χ0) is 62.9. The molecule has 7 amide bonds. The standard InChI is InChI=1S/C59H86N14O14/c1-2-49(75)62-21-22-64-59(86)67-58(60)63-20-9-14-48(56(84)65-37-43-15-17-46(74)18-16-43)66-57(85)55(44-10-4-3-5-11-44)45-12-8-13-47(36-45)87-35-7-6-19-61-50(76)38-68-31-33-73(34-32-68)51(77)39-69-23-25-70(40-52(78)79)27-29-72(42-54(82)83)30-28-71(26-24-69)41-53(80)81/h3-5,8,10-13,15-18,36,48,55,74H,2,6-7,9,14,19-35,37-42H2,1H3,(H,61,76)(H,62,75)(H,65,84)(H,66,85)(H,78,79)(H,80,81)(H,82,83)(H4,60,63,64,67,86)/t48-,55+/m1/s1. The zero-order valence-electron chi connectivity index (χ0n) is 49.5. The average Bonchev–Trinajstić information content (AvgIpc) is 3.68.